The van der Waals surface area contributed by atoms with Crippen molar-refractivity contribution >= 4 is 5.91 Å². The van der Waals surface area contributed by atoms with Gasteiger partial charge in [-0.15, -0.1) is 0 Å². The summed E-state index contributed by atoms with van der Waals surface area (Å²) in [6.07, 6.45) is -1.27. The highest BCUT2D eigenvalue weighted by Crippen LogP contribution is 2.30. The second-order valence-electron chi connectivity index (χ2n) is 6.56. The lowest BCUT2D eigenvalue weighted by Gasteiger charge is -2.10. The second kappa shape index (κ2) is 9.96. The molecule has 0 fully saturated rings. The monoisotopic (exact) mass is 418 g/mol. The number of benzene rings is 2. The van der Waals surface area contributed by atoms with Crippen LogP contribution in [-0.4, -0.2) is 24.0 Å². The smallest absolute Gasteiger partial charge is 0.416 e. The maximum atomic E-state index is 12.5. The number of aryl methyl sites for hydroxylation is 1. The Morgan fingerprint density at radius 2 is 1.80 bits per heavy atom. The quantitative estimate of drug-likeness (QED) is 0.503. The van der Waals surface area contributed by atoms with Gasteiger partial charge >= 0.3 is 6.18 Å². The third-order valence-electron chi connectivity index (χ3n) is 4.28. The number of amides is 1. The number of aromatic nitrogens is 1. The van der Waals surface area contributed by atoms with Gasteiger partial charge in [0.2, 0.25) is 5.91 Å². The summed E-state index contributed by atoms with van der Waals surface area (Å²) < 4.78 is 48.5. The minimum Gasteiger partial charge on any atom is -0.492 e. The first kappa shape index (κ1) is 21.4. The van der Waals surface area contributed by atoms with Crippen molar-refractivity contribution in [3.8, 4) is 17.1 Å². The topological polar surface area (TPSA) is 64.4 Å². The molecule has 0 atom stereocenters. The van der Waals surface area contributed by atoms with Crippen molar-refractivity contribution in [2.75, 3.05) is 13.2 Å². The molecule has 158 valence electrons. The van der Waals surface area contributed by atoms with Gasteiger partial charge in [0.15, 0.2) is 11.7 Å². The van der Waals surface area contributed by atoms with Crippen molar-refractivity contribution < 1.29 is 27.1 Å². The lowest BCUT2D eigenvalue weighted by atomic mass is 10.2. The van der Waals surface area contributed by atoms with Gasteiger partial charge in [0.25, 0.3) is 0 Å². The summed E-state index contributed by atoms with van der Waals surface area (Å²) in [5, 5.41) is 2.71. The third kappa shape index (κ3) is 6.37. The van der Waals surface area contributed by atoms with Crippen LogP contribution >= 0.6 is 0 Å². The zero-order chi connectivity index (χ0) is 21.4. The molecule has 0 saturated heterocycles. The summed E-state index contributed by atoms with van der Waals surface area (Å²) in [7, 11) is 0. The summed E-state index contributed by atoms with van der Waals surface area (Å²) in [6.45, 7) is 0.425. The Balaban J connectivity index is 1.31. The fraction of sp³-hybridized carbons (Fsp3) is 0.273. The van der Waals surface area contributed by atoms with Crippen LogP contribution < -0.4 is 10.1 Å². The molecule has 5 nitrogen and oxygen atoms in total. The number of nitrogens with zero attached hydrogens (tertiary/aromatic N) is 1. The van der Waals surface area contributed by atoms with Crippen LogP contribution in [0.1, 0.15) is 24.3 Å². The number of oxazole rings is 1. The molecule has 0 spiro atoms. The predicted octanol–water partition coefficient (Wildman–Crippen LogP) is 4.88. The summed E-state index contributed by atoms with van der Waals surface area (Å²) in [4.78, 5) is 16.1. The van der Waals surface area contributed by atoms with Crippen LogP contribution in [-0.2, 0) is 17.4 Å². The van der Waals surface area contributed by atoms with Gasteiger partial charge in [0.05, 0.1) is 18.3 Å². The van der Waals surface area contributed by atoms with Crippen LogP contribution in [0.25, 0.3) is 11.3 Å². The first-order valence-electron chi connectivity index (χ1n) is 9.49. The number of ether oxygens (including phenoxy) is 1. The van der Waals surface area contributed by atoms with Crippen molar-refractivity contribution in [3.05, 3.63) is 72.2 Å². The number of rotatable bonds is 9. The molecule has 1 amide bonds. The summed E-state index contributed by atoms with van der Waals surface area (Å²) in [5.41, 5.74) is 0.215. The van der Waals surface area contributed by atoms with E-state index < -0.39 is 11.7 Å². The van der Waals surface area contributed by atoms with Gasteiger partial charge < -0.3 is 14.5 Å². The maximum Gasteiger partial charge on any atom is 0.416 e. The molecule has 1 N–H and O–H groups in total. The van der Waals surface area contributed by atoms with E-state index in [2.05, 4.69) is 10.3 Å². The average molecular weight is 418 g/mol. The molecule has 0 aliphatic carbocycles. The molecular weight excluding hydrogens is 397 g/mol. The average Bonchev–Trinajstić information content (AvgIpc) is 3.20. The highest BCUT2D eigenvalue weighted by atomic mass is 19.4. The van der Waals surface area contributed by atoms with Gasteiger partial charge in [0.1, 0.15) is 12.4 Å². The summed E-state index contributed by atoms with van der Waals surface area (Å²) in [5.74, 6) is 1.44. The van der Waals surface area contributed by atoms with Gasteiger partial charge in [-0.1, -0.05) is 30.3 Å². The molecule has 3 rings (SSSR count). The summed E-state index contributed by atoms with van der Waals surface area (Å²) in [6, 6.07) is 14.1. The molecule has 1 heterocycles. The fourth-order valence-electron chi connectivity index (χ4n) is 2.75. The zero-order valence-electron chi connectivity index (χ0n) is 16.1. The zero-order valence-corrected chi connectivity index (χ0v) is 16.1. The molecule has 3 aromatic rings. The van der Waals surface area contributed by atoms with E-state index in [9.17, 15) is 18.0 Å². The Hall–Kier alpha value is -3.29. The van der Waals surface area contributed by atoms with Crippen molar-refractivity contribution in [1.82, 2.24) is 10.3 Å². The number of carbonyl (C=O) groups is 1. The van der Waals surface area contributed by atoms with Crippen LogP contribution in [0.2, 0.25) is 0 Å². The van der Waals surface area contributed by atoms with Crippen molar-refractivity contribution in [2.45, 2.75) is 25.4 Å². The number of hydrogen-bond acceptors (Lipinski definition) is 4. The Morgan fingerprint density at radius 3 is 2.50 bits per heavy atom. The number of carbonyl (C=O) groups excluding carboxylic acids is 1. The van der Waals surface area contributed by atoms with Crippen LogP contribution in [0.5, 0.6) is 5.75 Å². The molecular formula is C22H21F3N2O3. The van der Waals surface area contributed by atoms with Crippen molar-refractivity contribution in [1.29, 1.82) is 0 Å². The van der Waals surface area contributed by atoms with Crippen LogP contribution in [0, 0.1) is 0 Å². The molecule has 0 aliphatic rings. The predicted molar refractivity (Wildman–Crippen MR) is 105 cm³/mol. The first-order chi connectivity index (χ1) is 14.4. The second-order valence-corrected chi connectivity index (χ2v) is 6.56. The summed E-state index contributed by atoms with van der Waals surface area (Å²) >= 11 is 0. The van der Waals surface area contributed by atoms with Crippen LogP contribution in [0.15, 0.2) is 65.2 Å². The van der Waals surface area contributed by atoms with E-state index in [4.69, 9.17) is 9.15 Å². The molecule has 2 aromatic carbocycles. The largest absolute Gasteiger partial charge is 0.492 e. The lowest BCUT2D eigenvalue weighted by molar-refractivity contribution is -0.137. The van der Waals surface area contributed by atoms with E-state index in [1.807, 2.05) is 30.3 Å². The number of halogens is 3. The Bertz CT molecular complexity index is 938. The van der Waals surface area contributed by atoms with Crippen molar-refractivity contribution in [2.24, 2.45) is 0 Å². The van der Waals surface area contributed by atoms with Crippen LogP contribution in [0.4, 0.5) is 13.2 Å². The third-order valence-corrected chi connectivity index (χ3v) is 4.28. The minimum absolute atomic E-state index is 0.138. The van der Waals surface area contributed by atoms with E-state index in [0.29, 0.717) is 36.7 Å². The Labute approximate surface area is 171 Å². The fourth-order valence-corrected chi connectivity index (χ4v) is 2.75. The Kier molecular flexibility index (Phi) is 7.11. The Morgan fingerprint density at radius 1 is 1.07 bits per heavy atom. The minimum atomic E-state index is -4.37. The molecule has 8 heteroatoms. The number of hydrogen-bond donors (Lipinski definition) is 1. The lowest BCUT2D eigenvalue weighted by Crippen LogP contribution is -2.27. The normalized spacial score (nSPS) is 11.3. The molecule has 0 unspecified atom stereocenters. The highest BCUT2D eigenvalue weighted by molar-refractivity contribution is 5.75. The van der Waals surface area contributed by atoms with E-state index >= 15 is 0 Å². The van der Waals surface area contributed by atoms with Crippen molar-refractivity contribution in [3.63, 3.8) is 0 Å². The van der Waals surface area contributed by atoms with E-state index in [1.54, 1.807) is 6.20 Å². The molecule has 0 bridgehead atoms. The molecule has 30 heavy (non-hydrogen) atoms. The van der Waals surface area contributed by atoms with E-state index in [1.165, 1.54) is 12.1 Å². The highest BCUT2D eigenvalue weighted by Gasteiger charge is 2.29. The van der Waals surface area contributed by atoms with Gasteiger partial charge in [-0.3, -0.25) is 4.79 Å². The van der Waals surface area contributed by atoms with Crippen LogP contribution in [0.3, 0.4) is 0 Å². The van der Waals surface area contributed by atoms with E-state index in [-0.39, 0.29) is 19.1 Å². The van der Waals surface area contributed by atoms with E-state index in [0.717, 1.165) is 17.7 Å². The number of alkyl halides is 3. The number of nitrogens with one attached hydrogen (secondary N) is 1. The van der Waals surface area contributed by atoms with Gasteiger partial charge in [-0.2, -0.15) is 13.2 Å². The van der Waals surface area contributed by atoms with Gasteiger partial charge in [-0.25, -0.2) is 4.98 Å². The van der Waals surface area contributed by atoms with Gasteiger partial charge in [-0.05, 0) is 30.7 Å². The molecule has 0 radical (unpaired) electrons. The molecule has 0 aliphatic heterocycles. The standard InChI is InChI=1S/C22H21F3N2O3/c23-22(24,25)17-9-11-18(12-10-17)29-14-13-26-20(28)7-4-8-21-27-15-19(30-21)16-5-2-1-3-6-16/h1-3,5-6,9-12,15H,4,7-8,13-14H2,(H,26,28). The molecule has 0 saturated carbocycles. The van der Waals surface area contributed by atoms with Gasteiger partial charge in [0, 0.05) is 18.4 Å². The first-order valence-corrected chi connectivity index (χ1v) is 9.49. The molecule has 1 aromatic heterocycles. The SMILES string of the molecule is O=C(CCCc1ncc(-c2ccccc2)o1)NCCOc1ccc(C(F)(F)F)cc1. The maximum absolute atomic E-state index is 12.5.